The van der Waals surface area contributed by atoms with Crippen molar-refractivity contribution in [3.63, 3.8) is 0 Å². The Morgan fingerprint density at radius 1 is 1.40 bits per heavy atom. The molecule has 0 fully saturated rings. The van der Waals surface area contributed by atoms with Crippen LogP contribution >= 0.6 is 0 Å². The third-order valence-corrected chi connectivity index (χ3v) is 3.20. The highest BCUT2D eigenvalue weighted by molar-refractivity contribution is 7.90. The van der Waals surface area contributed by atoms with Gasteiger partial charge in [-0.25, -0.2) is 19.2 Å². The normalized spacial score (nSPS) is 13.9. The van der Waals surface area contributed by atoms with Crippen LogP contribution in [0.5, 0.6) is 0 Å². The molecule has 0 spiro atoms. The van der Waals surface area contributed by atoms with E-state index in [1.807, 2.05) is 5.43 Å². The van der Waals surface area contributed by atoms with Crippen LogP contribution < -0.4 is 16.6 Å². The lowest BCUT2D eigenvalue weighted by atomic mass is 10.3. The number of hydrogen-bond acceptors (Lipinski definition) is 7. The van der Waals surface area contributed by atoms with Crippen LogP contribution in [0.4, 0.5) is 24.9 Å². The van der Waals surface area contributed by atoms with Gasteiger partial charge in [0.1, 0.15) is 15.7 Å². The van der Waals surface area contributed by atoms with Crippen LogP contribution in [-0.4, -0.2) is 36.4 Å². The van der Waals surface area contributed by atoms with Crippen molar-refractivity contribution in [1.29, 1.82) is 0 Å². The zero-order valence-corrected chi connectivity index (χ0v) is 11.5. The first kappa shape index (κ1) is 16.4. The van der Waals surface area contributed by atoms with E-state index < -0.39 is 33.7 Å². The predicted octanol–water partition coefficient (Wildman–Crippen LogP) is 0.626. The standard InChI is InChI=1S/C9H14F3N5O2S/c1-5(4-20(2,18)19)14-7-3-6(9(10,11)12)15-8(16-7)17-13/h3,5H,4,13H2,1-2H3,(H2,14,15,16,17). The molecular formula is C9H14F3N5O2S. The predicted molar refractivity (Wildman–Crippen MR) is 67.6 cm³/mol. The summed E-state index contributed by atoms with van der Waals surface area (Å²) in [6, 6.07) is 0.0613. The Hall–Kier alpha value is -1.62. The molecule has 0 saturated carbocycles. The van der Waals surface area contributed by atoms with Crippen molar-refractivity contribution in [2.24, 2.45) is 5.84 Å². The third-order valence-electron chi connectivity index (χ3n) is 2.09. The van der Waals surface area contributed by atoms with E-state index >= 15 is 0 Å². The lowest BCUT2D eigenvalue weighted by Gasteiger charge is -2.15. The second kappa shape index (κ2) is 5.79. The maximum Gasteiger partial charge on any atom is 0.433 e. The van der Waals surface area contributed by atoms with Gasteiger partial charge in [-0.15, -0.1) is 0 Å². The lowest BCUT2D eigenvalue weighted by molar-refractivity contribution is -0.141. The van der Waals surface area contributed by atoms with E-state index in [0.29, 0.717) is 6.07 Å². The quantitative estimate of drug-likeness (QED) is 0.540. The van der Waals surface area contributed by atoms with Crippen molar-refractivity contribution in [2.75, 3.05) is 22.8 Å². The van der Waals surface area contributed by atoms with E-state index in [4.69, 9.17) is 5.84 Å². The number of nitrogens with one attached hydrogen (secondary N) is 2. The molecule has 114 valence electrons. The highest BCUT2D eigenvalue weighted by atomic mass is 32.2. The molecule has 1 aromatic rings. The van der Waals surface area contributed by atoms with Gasteiger partial charge in [-0.3, -0.25) is 5.43 Å². The molecule has 0 radical (unpaired) electrons. The molecule has 0 bridgehead atoms. The van der Waals surface area contributed by atoms with E-state index in [9.17, 15) is 21.6 Å². The van der Waals surface area contributed by atoms with Crippen LogP contribution in [0.2, 0.25) is 0 Å². The van der Waals surface area contributed by atoms with Gasteiger partial charge in [0, 0.05) is 18.4 Å². The van der Waals surface area contributed by atoms with Crippen molar-refractivity contribution in [3.05, 3.63) is 11.8 Å². The zero-order valence-electron chi connectivity index (χ0n) is 10.7. The first-order chi connectivity index (χ1) is 9.01. The van der Waals surface area contributed by atoms with Gasteiger partial charge in [0.05, 0.1) is 5.75 Å². The van der Waals surface area contributed by atoms with Gasteiger partial charge in [0.25, 0.3) is 0 Å². The number of nitrogen functional groups attached to an aromatic ring is 1. The number of aromatic nitrogens is 2. The Labute approximate surface area is 113 Å². The van der Waals surface area contributed by atoms with E-state index in [0.717, 1.165) is 6.26 Å². The summed E-state index contributed by atoms with van der Waals surface area (Å²) < 4.78 is 60.0. The Morgan fingerprint density at radius 2 is 2.00 bits per heavy atom. The summed E-state index contributed by atoms with van der Waals surface area (Å²) >= 11 is 0. The smallest absolute Gasteiger partial charge is 0.366 e. The largest absolute Gasteiger partial charge is 0.433 e. The van der Waals surface area contributed by atoms with Crippen LogP contribution in [0.15, 0.2) is 6.07 Å². The second-order valence-electron chi connectivity index (χ2n) is 4.24. The zero-order chi connectivity index (χ0) is 15.6. The second-order valence-corrected chi connectivity index (χ2v) is 6.43. The molecule has 1 unspecified atom stereocenters. The maximum absolute atomic E-state index is 12.6. The monoisotopic (exact) mass is 313 g/mol. The first-order valence-electron chi connectivity index (χ1n) is 5.38. The fraction of sp³-hybridized carbons (Fsp3) is 0.556. The molecule has 0 aromatic carbocycles. The first-order valence-corrected chi connectivity index (χ1v) is 7.44. The number of halogens is 3. The minimum Gasteiger partial charge on any atom is -0.366 e. The summed E-state index contributed by atoms with van der Waals surface area (Å²) in [6.45, 7) is 1.51. The van der Waals surface area contributed by atoms with Crippen LogP contribution in [0, 0.1) is 0 Å². The molecule has 11 heteroatoms. The molecule has 1 rings (SSSR count). The number of nitrogens with two attached hydrogens (primary N) is 1. The number of anilines is 2. The maximum atomic E-state index is 12.6. The average Bonchev–Trinajstić information content (AvgIpc) is 2.24. The summed E-state index contributed by atoms with van der Waals surface area (Å²) in [5.41, 5.74) is 0.735. The number of alkyl halides is 3. The van der Waals surface area contributed by atoms with Crippen LogP contribution in [-0.2, 0) is 16.0 Å². The summed E-state index contributed by atoms with van der Waals surface area (Å²) in [6.07, 6.45) is -3.63. The Balaban J connectivity index is 3.00. The highest BCUT2D eigenvalue weighted by Crippen LogP contribution is 2.29. The van der Waals surface area contributed by atoms with E-state index in [2.05, 4.69) is 15.3 Å². The minimum atomic E-state index is -4.66. The van der Waals surface area contributed by atoms with Crippen molar-refractivity contribution in [2.45, 2.75) is 19.1 Å². The minimum absolute atomic E-state index is 0.170. The highest BCUT2D eigenvalue weighted by Gasteiger charge is 2.33. The van der Waals surface area contributed by atoms with Crippen molar-refractivity contribution >= 4 is 21.6 Å². The summed E-state index contributed by atoms with van der Waals surface area (Å²) in [5, 5.41) is 2.56. The molecule has 4 N–H and O–H groups in total. The molecule has 0 saturated heterocycles. The Kier molecular flexibility index (Phi) is 4.76. The number of hydrazine groups is 1. The van der Waals surface area contributed by atoms with Crippen molar-refractivity contribution in [1.82, 2.24) is 9.97 Å². The van der Waals surface area contributed by atoms with E-state index in [1.54, 1.807) is 0 Å². The molecular weight excluding hydrogens is 299 g/mol. The molecule has 20 heavy (non-hydrogen) atoms. The molecule has 0 aliphatic heterocycles. The number of rotatable bonds is 5. The summed E-state index contributed by atoms with van der Waals surface area (Å²) in [4.78, 5) is 6.86. The third kappa shape index (κ3) is 5.17. The fourth-order valence-corrected chi connectivity index (χ4v) is 2.47. The van der Waals surface area contributed by atoms with Gasteiger partial charge >= 0.3 is 6.18 Å². The van der Waals surface area contributed by atoms with Crippen molar-refractivity contribution < 1.29 is 21.6 Å². The Morgan fingerprint density at radius 3 is 2.45 bits per heavy atom. The van der Waals surface area contributed by atoms with Gasteiger partial charge in [-0.2, -0.15) is 18.2 Å². The molecule has 0 aliphatic rings. The number of hydrogen-bond donors (Lipinski definition) is 3. The molecule has 0 aliphatic carbocycles. The molecule has 1 atom stereocenters. The van der Waals surface area contributed by atoms with Gasteiger partial charge < -0.3 is 5.32 Å². The van der Waals surface area contributed by atoms with E-state index in [-0.39, 0.29) is 11.6 Å². The van der Waals surface area contributed by atoms with Gasteiger partial charge in [0.15, 0.2) is 5.69 Å². The van der Waals surface area contributed by atoms with Gasteiger partial charge in [-0.05, 0) is 6.92 Å². The van der Waals surface area contributed by atoms with Gasteiger partial charge in [0.2, 0.25) is 5.95 Å². The van der Waals surface area contributed by atoms with Crippen LogP contribution in [0.1, 0.15) is 12.6 Å². The molecule has 0 amide bonds. The number of sulfone groups is 1. The fourth-order valence-electron chi connectivity index (χ4n) is 1.48. The van der Waals surface area contributed by atoms with Crippen molar-refractivity contribution in [3.8, 4) is 0 Å². The summed E-state index contributed by atoms with van der Waals surface area (Å²) in [5.74, 6) is 4.16. The SMILES string of the molecule is CC(CS(C)(=O)=O)Nc1cc(C(F)(F)F)nc(NN)n1. The van der Waals surface area contributed by atoms with Crippen LogP contribution in [0.25, 0.3) is 0 Å². The molecule has 1 aromatic heterocycles. The van der Waals surface area contributed by atoms with E-state index in [1.165, 1.54) is 6.92 Å². The van der Waals surface area contributed by atoms with Gasteiger partial charge in [-0.1, -0.05) is 0 Å². The number of nitrogens with zero attached hydrogens (tertiary/aromatic N) is 2. The molecule has 1 heterocycles. The molecule has 7 nitrogen and oxygen atoms in total. The average molecular weight is 313 g/mol. The Bertz CT molecular complexity index is 575. The topological polar surface area (TPSA) is 110 Å². The summed E-state index contributed by atoms with van der Waals surface area (Å²) in [7, 11) is -3.27. The van der Waals surface area contributed by atoms with Crippen LogP contribution in [0.3, 0.4) is 0 Å². The lowest BCUT2D eigenvalue weighted by Crippen LogP contribution is -2.26.